The van der Waals surface area contributed by atoms with Crippen LogP contribution >= 0.6 is 0 Å². The molecule has 17 heavy (non-hydrogen) atoms. The van der Waals surface area contributed by atoms with E-state index >= 15 is 0 Å². The number of rotatable bonds is 4. The molecule has 0 unspecified atom stereocenters. The Bertz CT molecular complexity index is 413. The lowest BCUT2D eigenvalue weighted by atomic mass is 9.92. The predicted molar refractivity (Wildman–Crippen MR) is 65.6 cm³/mol. The van der Waals surface area contributed by atoms with Gasteiger partial charge in [0.25, 0.3) is 5.69 Å². The van der Waals surface area contributed by atoms with Crippen LogP contribution in [0, 0.1) is 21.3 Å². The molecule has 0 radical (unpaired) electrons. The summed E-state index contributed by atoms with van der Waals surface area (Å²) in [5.41, 5.74) is 0.244. The van der Waals surface area contributed by atoms with E-state index in [0.29, 0.717) is 12.2 Å². The number of hydrogen-bond acceptors (Lipinski definition) is 3. The van der Waals surface area contributed by atoms with Gasteiger partial charge in [0.1, 0.15) is 0 Å². The van der Waals surface area contributed by atoms with Crippen LogP contribution in [0.15, 0.2) is 18.2 Å². The highest BCUT2D eigenvalue weighted by molar-refractivity contribution is 5.50. The highest BCUT2D eigenvalue weighted by Crippen LogP contribution is 2.22. The van der Waals surface area contributed by atoms with Crippen molar-refractivity contribution in [3.05, 3.63) is 34.1 Å². The topological polar surface area (TPSA) is 55.2 Å². The second-order valence-electron chi connectivity index (χ2n) is 5.16. The second-order valence-corrected chi connectivity index (χ2v) is 5.16. The molecule has 0 saturated carbocycles. The molecule has 1 aromatic rings. The van der Waals surface area contributed by atoms with E-state index in [1.807, 2.05) is 0 Å². The summed E-state index contributed by atoms with van der Waals surface area (Å²) in [6.07, 6.45) is 0.892. The van der Waals surface area contributed by atoms with Crippen LogP contribution in [0.1, 0.15) is 27.2 Å². The van der Waals surface area contributed by atoms with Crippen LogP contribution < -0.4 is 5.32 Å². The van der Waals surface area contributed by atoms with Crippen molar-refractivity contribution in [3.63, 3.8) is 0 Å². The van der Waals surface area contributed by atoms with Crippen molar-refractivity contribution < 1.29 is 9.31 Å². The Kier molecular flexibility index (Phi) is 4.04. The van der Waals surface area contributed by atoms with Crippen molar-refractivity contribution in [1.29, 1.82) is 0 Å². The van der Waals surface area contributed by atoms with Gasteiger partial charge in [0.15, 0.2) is 5.82 Å². The Morgan fingerprint density at radius 3 is 2.53 bits per heavy atom. The molecule has 0 aromatic heterocycles. The lowest BCUT2D eigenvalue weighted by Gasteiger charge is -2.18. The van der Waals surface area contributed by atoms with E-state index < -0.39 is 10.7 Å². The molecular formula is C12H17FN2O2. The summed E-state index contributed by atoms with van der Waals surface area (Å²) in [7, 11) is 0. The molecule has 4 nitrogen and oxygen atoms in total. The zero-order valence-corrected chi connectivity index (χ0v) is 10.3. The Morgan fingerprint density at radius 1 is 1.41 bits per heavy atom. The van der Waals surface area contributed by atoms with Crippen LogP contribution in [0.4, 0.5) is 15.8 Å². The molecule has 0 spiro atoms. The first-order chi connectivity index (χ1) is 7.79. The van der Waals surface area contributed by atoms with E-state index in [9.17, 15) is 14.5 Å². The highest BCUT2D eigenvalue weighted by atomic mass is 19.1. The molecule has 1 N–H and O–H groups in total. The molecule has 94 valence electrons. The zero-order chi connectivity index (χ0) is 13.1. The van der Waals surface area contributed by atoms with Crippen LogP contribution in [0.2, 0.25) is 0 Å². The number of nitro groups is 1. The van der Waals surface area contributed by atoms with Crippen LogP contribution in [-0.4, -0.2) is 11.5 Å². The maximum Gasteiger partial charge on any atom is 0.272 e. The van der Waals surface area contributed by atoms with Crippen molar-refractivity contribution in [1.82, 2.24) is 0 Å². The van der Waals surface area contributed by atoms with E-state index in [-0.39, 0.29) is 11.1 Å². The van der Waals surface area contributed by atoms with Gasteiger partial charge in [-0.3, -0.25) is 10.1 Å². The largest absolute Gasteiger partial charge is 0.383 e. The zero-order valence-electron chi connectivity index (χ0n) is 10.3. The van der Waals surface area contributed by atoms with Gasteiger partial charge in [0.05, 0.1) is 16.7 Å². The number of nitrogens with one attached hydrogen (secondary N) is 1. The fourth-order valence-electron chi connectivity index (χ4n) is 1.33. The maximum atomic E-state index is 13.5. The monoisotopic (exact) mass is 240 g/mol. The fourth-order valence-corrected chi connectivity index (χ4v) is 1.33. The average Bonchev–Trinajstić information content (AvgIpc) is 2.18. The molecule has 0 aliphatic rings. The molecule has 0 fully saturated rings. The summed E-state index contributed by atoms with van der Waals surface area (Å²) in [5, 5.41) is 13.4. The molecular weight excluding hydrogens is 223 g/mol. The van der Waals surface area contributed by atoms with Gasteiger partial charge in [0, 0.05) is 12.6 Å². The van der Waals surface area contributed by atoms with E-state index in [1.54, 1.807) is 0 Å². The van der Waals surface area contributed by atoms with Crippen LogP contribution in [-0.2, 0) is 0 Å². The normalized spacial score (nSPS) is 11.3. The number of nitro benzene ring substituents is 1. The van der Waals surface area contributed by atoms with Gasteiger partial charge in [-0.25, -0.2) is 4.39 Å². The van der Waals surface area contributed by atoms with Crippen molar-refractivity contribution in [2.24, 2.45) is 5.41 Å². The Balaban J connectivity index is 2.64. The van der Waals surface area contributed by atoms with Crippen molar-refractivity contribution >= 4 is 11.4 Å². The molecule has 0 aliphatic heterocycles. The molecule has 5 heteroatoms. The van der Waals surface area contributed by atoms with Gasteiger partial charge in [-0.1, -0.05) is 20.8 Å². The Hall–Kier alpha value is -1.65. The second kappa shape index (κ2) is 5.12. The lowest BCUT2D eigenvalue weighted by Crippen LogP contribution is -2.13. The lowest BCUT2D eigenvalue weighted by molar-refractivity contribution is -0.385. The van der Waals surface area contributed by atoms with Gasteiger partial charge in [-0.2, -0.15) is 0 Å². The van der Waals surface area contributed by atoms with Gasteiger partial charge in [0.2, 0.25) is 0 Å². The smallest absolute Gasteiger partial charge is 0.272 e. The minimum absolute atomic E-state index is 0.171. The molecule has 0 bridgehead atoms. The van der Waals surface area contributed by atoms with Crippen LogP contribution in [0.3, 0.4) is 0 Å². The van der Waals surface area contributed by atoms with Gasteiger partial charge >= 0.3 is 0 Å². The van der Waals surface area contributed by atoms with Crippen molar-refractivity contribution in [3.8, 4) is 0 Å². The summed E-state index contributed by atoms with van der Waals surface area (Å²) in [6.45, 7) is 6.93. The predicted octanol–water partition coefficient (Wildman–Crippen LogP) is 3.58. The number of halogens is 1. The number of non-ortho nitro benzene ring substituents is 1. The summed E-state index contributed by atoms with van der Waals surface area (Å²) in [4.78, 5) is 9.82. The van der Waals surface area contributed by atoms with Crippen molar-refractivity contribution in [2.45, 2.75) is 27.2 Å². The summed E-state index contributed by atoms with van der Waals surface area (Å²) >= 11 is 0. The number of benzene rings is 1. The first-order valence-corrected chi connectivity index (χ1v) is 5.47. The minimum Gasteiger partial charge on any atom is -0.383 e. The molecule has 0 aliphatic carbocycles. The third-order valence-corrected chi connectivity index (χ3v) is 2.35. The number of anilines is 1. The van der Waals surface area contributed by atoms with E-state index in [4.69, 9.17) is 0 Å². The molecule has 1 aromatic carbocycles. The third-order valence-electron chi connectivity index (χ3n) is 2.35. The van der Waals surface area contributed by atoms with E-state index in [0.717, 1.165) is 12.5 Å². The van der Waals surface area contributed by atoms with E-state index in [1.165, 1.54) is 12.1 Å². The number of nitrogens with zero attached hydrogens (tertiary/aromatic N) is 1. The fraction of sp³-hybridized carbons (Fsp3) is 0.500. The van der Waals surface area contributed by atoms with Gasteiger partial charge in [-0.05, 0) is 17.9 Å². The summed E-state index contributed by atoms with van der Waals surface area (Å²) < 4.78 is 13.5. The summed E-state index contributed by atoms with van der Waals surface area (Å²) in [5.74, 6) is -0.590. The molecule has 0 saturated heterocycles. The SMILES string of the molecule is CC(C)(C)CCNc1ccc([N+](=O)[O-])cc1F. The van der Waals surface area contributed by atoms with Gasteiger partial charge in [-0.15, -0.1) is 0 Å². The molecule has 0 atom stereocenters. The standard InChI is InChI=1S/C12H17FN2O2/c1-12(2,3)6-7-14-11-5-4-9(15(16)17)8-10(11)13/h4-5,8,14H,6-7H2,1-3H3. The van der Waals surface area contributed by atoms with E-state index in [2.05, 4.69) is 26.1 Å². The quantitative estimate of drug-likeness (QED) is 0.646. The maximum absolute atomic E-state index is 13.5. The summed E-state index contributed by atoms with van der Waals surface area (Å²) in [6, 6.07) is 3.62. The third kappa shape index (κ3) is 4.38. The van der Waals surface area contributed by atoms with Crippen molar-refractivity contribution in [2.75, 3.05) is 11.9 Å². The first-order valence-electron chi connectivity index (χ1n) is 5.47. The first kappa shape index (κ1) is 13.4. The minimum atomic E-state index is -0.609. The molecule has 0 amide bonds. The highest BCUT2D eigenvalue weighted by Gasteiger charge is 2.12. The van der Waals surface area contributed by atoms with Crippen LogP contribution in [0.5, 0.6) is 0 Å². The van der Waals surface area contributed by atoms with Gasteiger partial charge < -0.3 is 5.32 Å². The Labute approximate surface area is 100.0 Å². The Morgan fingerprint density at radius 2 is 2.06 bits per heavy atom. The molecule has 0 heterocycles. The number of hydrogen-bond donors (Lipinski definition) is 1. The molecule has 1 rings (SSSR count). The van der Waals surface area contributed by atoms with Crippen LogP contribution in [0.25, 0.3) is 0 Å². The average molecular weight is 240 g/mol.